The van der Waals surface area contributed by atoms with E-state index in [0.717, 1.165) is 5.75 Å². The average Bonchev–Trinajstić information content (AvgIpc) is 2.16. The summed E-state index contributed by atoms with van der Waals surface area (Å²) < 4.78 is 5.77. The van der Waals surface area contributed by atoms with E-state index in [-0.39, 0.29) is 5.41 Å². The van der Waals surface area contributed by atoms with Gasteiger partial charge in [-0.2, -0.15) is 0 Å². The predicted octanol–water partition coefficient (Wildman–Crippen LogP) is 2.67. The molecule has 0 amide bonds. The van der Waals surface area contributed by atoms with Gasteiger partial charge in [-0.05, 0) is 25.5 Å². The van der Waals surface area contributed by atoms with Gasteiger partial charge in [-0.25, -0.2) is 0 Å². The molecule has 0 aromatic heterocycles. The molecule has 0 saturated heterocycles. The van der Waals surface area contributed by atoms with Gasteiger partial charge in [-0.15, -0.1) is 0 Å². The third kappa shape index (κ3) is 3.56. The van der Waals surface area contributed by atoms with Crippen molar-refractivity contribution < 1.29 is 4.74 Å². The lowest BCUT2D eigenvalue weighted by atomic mass is 9.95. The van der Waals surface area contributed by atoms with Crippen LogP contribution in [0.2, 0.25) is 0 Å². The molecule has 2 N–H and O–H groups in total. The summed E-state index contributed by atoms with van der Waals surface area (Å²) >= 11 is 0. The molecule has 0 aliphatic heterocycles. The first-order valence-corrected chi connectivity index (χ1v) is 5.35. The molecule has 0 atom stereocenters. The molecule has 0 fully saturated rings. The SMILES string of the molecule is Cc1ccc(OCC(C)(C)CN)c(C)c1. The summed E-state index contributed by atoms with van der Waals surface area (Å²) in [6.07, 6.45) is 0. The Bertz CT molecular complexity index is 331. The zero-order valence-electron chi connectivity index (χ0n) is 10.1. The van der Waals surface area contributed by atoms with Crippen LogP contribution in [0.5, 0.6) is 5.75 Å². The standard InChI is InChI=1S/C13H21NO/c1-10-5-6-12(11(2)7-10)15-9-13(3,4)8-14/h5-7H,8-9,14H2,1-4H3. The number of hydrogen-bond acceptors (Lipinski definition) is 2. The van der Waals surface area contributed by atoms with Gasteiger partial charge in [0.25, 0.3) is 0 Å². The largest absolute Gasteiger partial charge is 0.493 e. The molecule has 2 nitrogen and oxygen atoms in total. The molecule has 1 aromatic rings. The van der Waals surface area contributed by atoms with E-state index in [4.69, 9.17) is 10.5 Å². The zero-order chi connectivity index (χ0) is 11.5. The molecule has 0 bridgehead atoms. The van der Waals surface area contributed by atoms with E-state index in [1.807, 2.05) is 6.07 Å². The van der Waals surface area contributed by atoms with Crippen molar-refractivity contribution in [2.75, 3.05) is 13.2 Å². The zero-order valence-corrected chi connectivity index (χ0v) is 10.1. The third-order valence-electron chi connectivity index (χ3n) is 2.50. The first-order valence-electron chi connectivity index (χ1n) is 5.35. The van der Waals surface area contributed by atoms with E-state index in [1.165, 1.54) is 11.1 Å². The lowest BCUT2D eigenvalue weighted by Gasteiger charge is -2.23. The number of aryl methyl sites for hydroxylation is 2. The van der Waals surface area contributed by atoms with Crippen molar-refractivity contribution in [1.29, 1.82) is 0 Å². The molecule has 0 aliphatic carbocycles. The Labute approximate surface area is 92.4 Å². The number of rotatable bonds is 4. The molecule has 0 heterocycles. The van der Waals surface area contributed by atoms with E-state index in [2.05, 4.69) is 39.8 Å². The Hall–Kier alpha value is -1.02. The minimum atomic E-state index is 0.0390. The van der Waals surface area contributed by atoms with Gasteiger partial charge in [0.1, 0.15) is 5.75 Å². The lowest BCUT2D eigenvalue weighted by Crippen LogP contribution is -2.30. The van der Waals surface area contributed by atoms with E-state index in [1.54, 1.807) is 0 Å². The van der Waals surface area contributed by atoms with Crippen LogP contribution in [0.4, 0.5) is 0 Å². The first kappa shape index (κ1) is 12.1. The van der Waals surface area contributed by atoms with Gasteiger partial charge in [-0.3, -0.25) is 0 Å². The highest BCUT2D eigenvalue weighted by Crippen LogP contribution is 2.21. The van der Waals surface area contributed by atoms with Crippen molar-refractivity contribution in [3.05, 3.63) is 29.3 Å². The maximum Gasteiger partial charge on any atom is 0.122 e. The predicted molar refractivity (Wildman–Crippen MR) is 64.2 cm³/mol. The van der Waals surface area contributed by atoms with Crippen molar-refractivity contribution in [1.82, 2.24) is 0 Å². The number of hydrogen-bond donors (Lipinski definition) is 1. The molecule has 0 spiro atoms. The minimum Gasteiger partial charge on any atom is -0.493 e. The van der Waals surface area contributed by atoms with Crippen LogP contribution in [0, 0.1) is 19.3 Å². The average molecular weight is 207 g/mol. The number of ether oxygens (including phenoxy) is 1. The van der Waals surface area contributed by atoms with Crippen LogP contribution in [0.1, 0.15) is 25.0 Å². The van der Waals surface area contributed by atoms with Crippen LogP contribution in [0.15, 0.2) is 18.2 Å². The van der Waals surface area contributed by atoms with Crippen molar-refractivity contribution in [3.8, 4) is 5.75 Å². The first-order chi connectivity index (χ1) is 6.94. The summed E-state index contributed by atoms with van der Waals surface area (Å²) in [6, 6.07) is 6.22. The van der Waals surface area contributed by atoms with Crippen LogP contribution in [0.3, 0.4) is 0 Å². The second kappa shape index (κ2) is 4.67. The Morgan fingerprint density at radius 3 is 2.47 bits per heavy atom. The van der Waals surface area contributed by atoms with Crippen LogP contribution in [-0.4, -0.2) is 13.2 Å². The molecule has 0 unspecified atom stereocenters. The summed E-state index contributed by atoms with van der Waals surface area (Å²) in [5.74, 6) is 0.960. The van der Waals surface area contributed by atoms with Gasteiger partial charge in [0.2, 0.25) is 0 Å². The number of nitrogens with two attached hydrogens (primary N) is 1. The highest BCUT2D eigenvalue weighted by atomic mass is 16.5. The van der Waals surface area contributed by atoms with Crippen LogP contribution in [-0.2, 0) is 0 Å². The van der Waals surface area contributed by atoms with Crippen LogP contribution >= 0.6 is 0 Å². The summed E-state index contributed by atoms with van der Waals surface area (Å²) in [6.45, 7) is 9.66. The molecular weight excluding hydrogens is 186 g/mol. The smallest absolute Gasteiger partial charge is 0.122 e. The Morgan fingerprint density at radius 2 is 1.93 bits per heavy atom. The molecule has 15 heavy (non-hydrogen) atoms. The second-order valence-corrected chi connectivity index (χ2v) is 4.93. The van der Waals surface area contributed by atoms with Crippen molar-refractivity contribution in [2.45, 2.75) is 27.7 Å². The van der Waals surface area contributed by atoms with Gasteiger partial charge < -0.3 is 10.5 Å². The normalized spacial score (nSPS) is 11.5. The molecule has 1 aromatic carbocycles. The summed E-state index contributed by atoms with van der Waals surface area (Å²) in [5.41, 5.74) is 8.14. The summed E-state index contributed by atoms with van der Waals surface area (Å²) in [5, 5.41) is 0. The maximum atomic E-state index is 5.77. The van der Waals surface area contributed by atoms with E-state index in [0.29, 0.717) is 13.2 Å². The number of benzene rings is 1. The summed E-state index contributed by atoms with van der Waals surface area (Å²) in [7, 11) is 0. The lowest BCUT2D eigenvalue weighted by molar-refractivity contribution is 0.186. The fourth-order valence-corrected chi connectivity index (χ4v) is 1.29. The molecule has 84 valence electrons. The summed E-state index contributed by atoms with van der Waals surface area (Å²) in [4.78, 5) is 0. The van der Waals surface area contributed by atoms with Crippen molar-refractivity contribution in [3.63, 3.8) is 0 Å². The van der Waals surface area contributed by atoms with Gasteiger partial charge in [-0.1, -0.05) is 31.5 Å². The van der Waals surface area contributed by atoms with Crippen LogP contribution < -0.4 is 10.5 Å². The van der Waals surface area contributed by atoms with Gasteiger partial charge >= 0.3 is 0 Å². The highest BCUT2D eigenvalue weighted by Gasteiger charge is 2.16. The van der Waals surface area contributed by atoms with Gasteiger partial charge in [0, 0.05) is 12.0 Å². The van der Waals surface area contributed by atoms with Gasteiger partial charge in [0.15, 0.2) is 0 Å². The topological polar surface area (TPSA) is 35.2 Å². The molecule has 0 aliphatic rings. The molecule has 2 heteroatoms. The third-order valence-corrected chi connectivity index (χ3v) is 2.50. The van der Waals surface area contributed by atoms with E-state index in [9.17, 15) is 0 Å². The molecule has 1 rings (SSSR count). The van der Waals surface area contributed by atoms with Crippen LogP contribution in [0.25, 0.3) is 0 Å². The Morgan fingerprint density at radius 1 is 1.27 bits per heavy atom. The molecule has 0 radical (unpaired) electrons. The fraction of sp³-hybridized carbons (Fsp3) is 0.538. The molecule has 0 saturated carbocycles. The molecular formula is C13H21NO. The van der Waals surface area contributed by atoms with Crippen molar-refractivity contribution >= 4 is 0 Å². The van der Waals surface area contributed by atoms with Crippen molar-refractivity contribution in [2.24, 2.45) is 11.1 Å². The monoisotopic (exact) mass is 207 g/mol. The highest BCUT2D eigenvalue weighted by molar-refractivity contribution is 5.35. The quantitative estimate of drug-likeness (QED) is 0.823. The van der Waals surface area contributed by atoms with E-state index >= 15 is 0 Å². The van der Waals surface area contributed by atoms with Gasteiger partial charge in [0.05, 0.1) is 6.61 Å². The van der Waals surface area contributed by atoms with E-state index < -0.39 is 0 Å². The minimum absolute atomic E-state index is 0.0390. The Kier molecular flexibility index (Phi) is 3.75. The second-order valence-electron chi connectivity index (χ2n) is 4.93. The fourth-order valence-electron chi connectivity index (χ4n) is 1.29. The Balaban J connectivity index is 2.66. The maximum absolute atomic E-state index is 5.77.